The highest BCUT2D eigenvalue weighted by Gasteiger charge is 2.15. The van der Waals surface area contributed by atoms with E-state index in [0.717, 1.165) is 64.3 Å². The van der Waals surface area contributed by atoms with Crippen LogP contribution >= 0.6 is 0 Å². The second-order valence-electron chi connectivity index (χ2n) is 13.1. The van der Waals surface area contributed by atoms with Crippen molar-refractivity contribution in [1.29, 1.82) is 0 Å². The van der Waals surface area contributed by atoms with Crippen molar-refractivity contribution in [3.63, 3.8) is 0 Å². The van der Waals surface area contributed by atoms with Crippen LogP contribution in [0.15, 0.2) is 12.2 Å². The molecule has 44 heavy (non-hydrogen) atoms. The van der Waals surface area contributed by atoms with Gasteiger partial charge >= 0.3 is 12.1 Å². The Morgan fingerprint density at radius 2 is 1.07 bits per heavy atom. The molecule has 6 nitrogen and oxygen atoms in total. The van der Waals surface area contributed by atoms with Crippen LogP contribution in [0.5, 0.6) is 0 Å². The van der Waals surface area contributed by atoms with Crippen molar-refractivity contribution in [2.45, 2.75) is 193 Å². The van der Waals surface area contributed by atoms with E-state index in [1.165, 1.54) is 110 Å². The number of rotatable bonds is 32. The summed E-state index contributed by atoms with van der Waals surface area (Å²) in [6.45, 7) is 7.31. The number of allylic oxidation sites excluding steroid dienone is 1. The molecule has 0 saturated carbocycles. The predicted octanol–water partition coefficient (Wildman–Crippen LogP) is 11.3. The normalized spacial score (nSPS) is 13.0. The Kier molecular flexibility index (Phi) is 31.7. The van der Waals surface area contributed by atoms with Crippen molar-refractivity contribution in [2.24, 2.45) is 0 Å². The van der Waals surface area contributed by atoms with Gasteiger partial charge in [0.2, 0.25) is 0 Å². The van der Waals surface area contributed by atoms with E-state index in [2.05, 4.69) is 30.9 Å². The summed E-state index contributed by atoms with van der Waals surface area (Å²) in [4.78, 5) is 25.8. The summed E-state index contributed by atoms with van der Waals surface area (Å²) in [7, 11) is 4.05. The van der Waals surface area contributed by atoms with Crippen LogP contribution in [0.3, 0.4) is 0 Å². The standard InChI is InChI=1S/C38H73NO5/c1-6-8-10-12-13-14-15-18-22-26-31-37(44-38(41)42-34-28-33-39(4)5)32-27-23-20-17-16-19-21-25-30-36(43-35(3)40)29-24-11-9-7-2/h21,25,36-37H,6-20,22-24,26-34H2,1-5H3/t36-,37?/m1/s1. The smallest absolute Gasteiger partial charge is 0.462 e. The van der Waals surface area contributed by atoms with Crippen LogP contribution in [0, 0.1) is 0 Å². The molecule has 0 aliphatic heterocycles. The lowest BCUT2D eigenvalue weighted by atomic mass is 10.0. The van der Waals surface area contributed by atoms with Gasteiger partial charge in [-0.25, -0.2) is 4.79 Å². The summed E-state index contributed by atoms with van der Waals surface area (Å²) in [6, 6.07) is 0. The first-order chi connectivity index (χ1) is 21.4. The van der Waals surface area contributed by atoms with Crippen LogP contribution in [0.25, 0.3) is 0 Å². The van der Waals surface area contributed by atoms with Gasteiger partial charge in [-0.3, -0.25) is 4.79 Å². The number of hydrogen-bond donors (Lipinski definition) is 0. The first-order valence-electron chi connectivity index (χ1n) is 18.7. The maximum Gasteiger partial charge on any atom is 0.508 e. The van der Waals surface area contributed by atoms with Crippen LogP contribution in [0.4, 0.5) is 4.79 Å². The fourth-order valence-corrected chi connectivity index (χ4v) is 5.62. The minimum absolute atomic E-state index is 0.0198. The van der Waals surface area contributed by atoms with Gasteiger partial charge in [0.25, 0.3) is 0 Å². The summed E-state index contributed by atoms with van der Waals surface area (Å²) >= 11 is 0. The predicted molar refractivity (Wildman–Crippen MR) is 186 cm³/mol. The molecule has 0 aliphatic carbocycles. The summed E-state index contributed by atoms with van der Waals surface area (Å²) in [6.07, 6.45) is 33.3. The highest BCUT2D eigenvalue weighted by Crippen LogP contribution is 2.18. The summed E-state index contributed by atoms with van der Waals surface area (Å²) < 4.78 is 16.6. The topological polar surface area (TPSA) is 65.1 Å². The molecule has 0 amide bonds. The number of nitrogens with zero attached hydrogens (tertiary/aromatic N) is 1. The van der Waals surface area contributed by atoms with E-state index in [9.17, 15) is 9.59 Å². The zero-order valence-corrected chi connectivity index (χ0v) is 29.9. The van der Waals surface area contributed by atoms with Crippen molar-refractivity contribution in [3.05, 3.63) is 12.2 Å². The van der Waals surface area contributed by atoms with Crippen molar-refractivity contribution >= 4 is 12.1 Å². The Labute approximate surface area is 273 Å². The van der Waals surface area contributed by atoms with E-state index in [4.69, 9.17) is 14.2 Å². The molecule has 0 rings (SSSR count). The van der Waals surface area contributed by atoms with Gasteiger partial charge in [-0.2, -0.15) is 0 Å². The van der Waals surface area contributed by atoms with E-state index in [1.807, 2.05) is 14.1 Å². The van der Waals surface area contributed by atoms with Gasteiger partial charge in [0, 0.05) is 19.9 Å². The number of carbonyl (C=O) groups is 2. The Bertz CT molecular complexity index is 666. The number of unbranched alkanes of at least 4 members (excludes halogenated alkanes) is 17. The molecule has 1 unspecified atom stereocenters. The molecular formula is C38H73NO5. The Morgan fingerprint density at radius 1 is 0.591 bits per heavy atom. The van der Waals surface area contributed by atoms with Gasteiger partial charge in [-0.05, 0) is 71.9 Å². The molecule has 0 spiro atoms. The molecule has 260 valence electrons. The first-order valence-corrected chi connectivity index (χ1v) is 18.7. The summed E-state index contributed by atoms with van der Waals surface area (Å²) in [5.74, 6) is -0.174. The average molecular weight is 624 g/mol. The molecule has 0 bridgehead atoms. The van der Waals surface area contributed by atoms with Crippen LogP contribution in [-0.2, 0) is 19.0 Å². The molecule has 0 aromatic heterocycles. The molecule has 2 atom stereocenters. The van der Waals surface area contributed by atoms with Crippen LogP contribution in [0.2, 0.25) is 0 Å². The third-order valence-corrected chi connectivity index (χ3v) is 8.29. The zero-order chi connectivity index (χ0) is 32.5. The van der Waals surface area contributed by atoms with Crippen LogP contribution in [-0.4, -0.2) is 56.5 Å². The fraction of sp³-hybridized carbons (Fsp3) is 0.895. The quantitative estimate of drug-likeness (QED) is 0.0422. The molecular weight excluding hydrogens is 550 g/mol. The monoisotopic (exact) mass is 624 g/mol. The van der Waals surface area contributed by atoms with Crippen LogP contribution < -0.4 is 0 Å². The van der Waals surface area contributed by atoms with E-state index in [-0.39, 0.29) is 18.2 Å². The number of esters is 1. The van der Waals surface area contributed by atoms with E-state index in [1.54, 1.807) is 0 Å². The van der Waals surface area contributed by atoms with E-state index in [0.29, 0.717) is 6.61 Å². The van der Waals surface area contributed by atoms with Gasteiger partial charge < -0.3 is 19.1 Å². The molecule has 0 radical (unpaired) electrons. The maximum absolute atomic E-state index is 12.3. The molecule has 0 heterocycles. The Balaban J connectivity index is 4.22. The van der Waals surface area contributed by atoms with Crippen molar-refractivity contribution < 1.29 is 23.8 Å². The number of carbonyl (C=O) groups excluding carboxylic acids is 2. The molecule has 6 heteroatoms. The molecule has 0 aromatic carbocycles. The largest absolute Gasteiger partial charge is 0.508 e. The molecule has 0 N–H and O–H groups in total. The van der Waals surface area contributed by atoms with E-state index < -0.39 is 6.16 Å². The fourth-order valence-electron chi connectivity index (χ4n) is 5.62. The van der Waals surface area contributed by atoms with Gasteiger partial charge in [0.1, 0.15) is 12.2 Å². The van der Waals surface area contributed by atoms with Crippen molar-refractivity contribution in [3.8, 4) is 0 Å². The SMILES string of the molecule is CCCCCCCCCCCCC(CCCCCCCC=CC[C@@H](CCCCCC)OC(C)=O)OC(=O)OCCCN(C)C. The average Bonchev–Trinajstić information content (AvgIpc) is 2.98. The number of ether oxygens (including phenoxy) is 3. The first kappa shape index (κ1) is 42.4. The summed E-state index contributed by atoms with van der Waals surface area (Å²) in [5, 5.41) is 0. The Morgan fingerprint density at radius 3 is 1.59 bits per heavy atom. The van der Waals surface area contributed by atoms with Gasteiger partial charge in [0.05, 0.1) is 6.61 Å². The second kappa shape index (κ2) is 32.8. The zero-order valence-electron chi connectivity index (χ0n) is 29.9. The van der Waals surface area contributed by atoms with Gasteiger partial charge in [-0.15, -0.1) is 0 Å². The lowest BCUT2D eigenvalue weighted by Crippen LogP contribution is -2.21. The van der Waals surface area contributed by atoms with Gasteiger partial charge in [0.15, 0.2) is 0 Å². The summed E-state index contributed by atoms with van der Waals surface area (Å²) in [5.41, 5.74) is 0. The van der Waals surface area contributed by atoms with Crippen LogP contribution in [0.1, 0.15) is 181 Å². The lowest BCUT2D eigenvalue weighted by molar-refractivity contribution is -0.146. The molecule has 0 fully saturated rings. The lowest BCUT2D eigenvalue weighted by Gasteiger charge is -2.18. The third-order valence-electron chi connectivity index (χ3n) is 8.29. The third kappa shape index (κ3) is 31.9. The van der Waals surface area contributed by atoms with Gasteiger partial charge in [-0.1, -0.05) is 122 Å². The minimum atomic E-state index is -0.496. The second-order valence-corrected chi connectivity index (χ2v) is 13.1. The Hall–Kier alpha value is -1.56. The molecule has 0 aromatic rings. The van der Waals surface area contributed by atoms with Crippen molar-refractivity contribution in [2.75, 3.05) is 27.2 Å². The minimum Gasteiger partial charge on any atom is -0.462 e. The highest BCUT2D eigenvalue weighted by atomic mass is 16.7. The molecule has 0 aliphatic rings. The maximum atomic E-state index is 12.3. The number of hydrogen-bond acceptors (Lipinski definition) is 6. The van der Waals surface area contributed by atoms with Crippen molar-refractivity contribution in [1.82, 2.24) is 4.90 Å². The van der Waals surface area contributed by atoms with E-state index >= 15 is 0 Å². The molecule has 0 saturated heterocycles. The highest BCUT2D eigenvalue weighted by molar-refractivity contribution is 5.66.